The van der Waals surface area contributed by atoms with Crippen LogP contribution in [0.2, 0.25) is 0 Å². The zero-order valence-electron chi connectivity index (χ0n) is 7.73. The zero-order chi connectivity index (χ0) is 9.35. The molecule has 1 aromatic rings. The summed E-state index contributed by atoms with van der Waals surface area (Å²) in [5, 5.41) is 2.85. The highest BCUT2D eigenvalue weighted by Gasteiger charge is 2.23. The van der Waals surface area contributed by atoms with Crippen LogP contribution in [-0.4, -0.2) is 12.0 Å². The molecule has 0 aliphatic heterocycles. The molecular weight excluding hydrogens is 220 g/mol. The number of nitrogens with one attached hydrogen (secondary N) is 1. The summed E-state index contributed by atoms with van der Waals surface area (Å²) < 4.78 is 6.24. The van der Waals surface area contributed by atoms with Crippen LogP contribution in [0.1, 0.15) is 26.5 Å². The van der Waals surface area contributed by atoms with Gasteiger partial charge in [0, 0.05) is 12.5 Å². The van der Waals surface area contributed by atoms with Crippen LogP contribution in [0.3, 0.4) is 0 Å². The fourth-order valence-corrected chi connectivity index (χ4v) is 1.71. The average Bonchev–Trinajstić information content (AvgIpc) is 2.29. The standard InChI is InChI=1S/C8H13BrN2O/c1-8(2,3)5-6(9)11-7(10-4)12-5/h1-4H3,(H,10,11). The van der Waals surface area contributed by atoms with E-state index in [0.717, 1.165) is 10.4 Å². The lowest BCUT2D eigenvalue weighted by atomic mass is 9.94. The van der Waals surface area contributed by atoms with Gasteiger partial charge in [-0.15, -0.1) is 0 Å². The summed E-state index contributed by atoms with van der Waals surface area (Å²) >= 11 is 3.35. The van der Waals surface area contributed by atoms with Gasteiger partial charge in [0.25, 0.3) is 6.01 Å². The van der Waals surface area contributed by atoms with Crippen LogP contribution in [0.5, 0.6) is 0 Å². The first-order chi connectivity index (χ1) is 5.45. The largest absolute Gasteiger partial charge is 0.427 e. The fourth-order valence-electron chi connectivity index (χ4n) is 0.871. The van der Waals surface area contributed by atoms with Crippen LogP contribution >= 0.6 is 15.9 Å². The van der Waals surface area contributed by atoms with Crippen molar-refractivity contribution in [3.63, 3.8) is 0 Å². The molecule has 0 amide bonds. The second-order valence-corrected chi connectivity index (χ2v) is 4.39. The first-order valence-electron chi connectivity index (χ1n) is 3.79. The summed E-state index contributed by atoms with van der Waals surface area (Å²) in [6, 6.07) is 0.548. The van der Waals surface area contributed by atoms with Crippen molar-refractivity contribution >= 4 is 21.9 Å². The van der Waals surface area contributed by atoms with Gasteiger partial charge in [-0.05, 0) is 15.9 Å². The Balaban J connectivity index is 3.08. The van der Waals surface area contributed by atoms with Crippen molar-refractivity contribution in [3.8, 4) is 0 Å². The minimum absolute atomic E-state index is 0.0130. The Labute approximate surface area is 80.7 Å². The third-order valence-corrected chi connectivity index (χ3v) is 2.02. The maximum atomic E-state index is 5.46. The van der Waals surface area contributed by atoms with Gasteiger partial charge in [0.2, 0.25) is 0 Å². The van der Waals surface area contributed by atoms with Crippen molar-refractivity contribution in [2.45, 2.75) is 26.2 Å². The predicted molar refractivity (Wildman–Crippen MR) is 52.4 cm³/mol. The lowest BCUT2D eigenvalue weighted by molar-refractivity contribution is 0.414. The third kappa shape index (κ3) is 1.80. The minimum Gasteiger partial charge on any atom is -0.427 e. The summed E-state index contributed by atoms with van der Waals surface area (Å²) in [4.78, 5) is 4.13. The van der Waals surface area contributed by atoms with Crippen LogP contribution in [0, 0.1) is 0 Å². The van der Waals surface area contributed by atoms with Crippen LogP contribution in [0.25, 0.3) is 0 Å². The summed E-state index contributed by atoms with van der Waals surface area (Å²) in [7, 11) is 1.78. The number of anilines is 1. The monoisotopic (exact) mass is 232 g/mol. The van der Waals surface area contributed by atoms with E-state index in [1.54, 1.807) is 7.05 Å². The zero-order valence-corrected chi connectivity index (χ0v) is 9.32. The second-order valence-electron chi connectivity index (χ2n) is 3.64. The lowest BCUT2D eigenvalue weighted by Crippen LogP contribution is -2.10. The van der Waals surface area contributed by atoms with Gasteiger partial charge in [-0.3, -0.25) is 0 Å². The molecule has 0 aliphatic rings. The lowest BCUT2D eigenvalue weighted by Gasteiger charge is -2.13. The normalized spacial score (nSPS) is 11.8. The Hall–Kier alpha value is -0.510. The molecule has 0 fully saturated rings. The molecule has 0 aromatic carbocycles. The summed E-state index contributed by atoms with van der Waals surface area (Å²) in [6.45, 7) is 6.24. The van der Waals surface area contributed by atoms with Gasteiger partial charge in [0.15, 0.2) is 4.60 Å². The maximum absolute atomic E-state index is 5.46. The van der Waals surface area contributed by atoms with E-state index < -0.39 is 0 Å². The Morgan fingerprint density at radius 3 is 2.25 bits per heavy atom. The number of hydrogen-bond acceptors (Lipinski definition) is 3. The molecule has 0 unspecified atom stereocenters. The first-order valence-corrected chi connectivity index (χ1v) is 4.59. The van der Waals surface area contributed by atoms with Gasteiger partial charge in [0.1, 0.15) is 5.76 Å². The number of rotatable bonds is 1. The van der Waals surface area contributed by atoms with Gasteiger partial charge in [0.05, 0.1) is 0 Å². The van der Waals surface area contributed by atoms with E-state index in [0.29, 0.717) is 6.01 Å². The summed E-state index contributed by atoms with van der Waals surface area (Å²) in [5.41, 5.74) is -0.0130. The predicted octanol–water partition coefficient (Wildman–Crippen LogP) is 2.78. The average molecular weight is 233 g/mol. The Morgan fingerprint density at radius 2 is 2.00 bits per heavy atom. The molecule has 0 aliphatic carbocycles. The van der Waals surface area contributed by atoms with Gasteiger partial charge in [-0.2, -0.15) is 4.98 Å². The molecule has 1 N–H and O–H groups in total. The molecule has 0 saturated carbocycles. The quantitative estimate of drug-likeness (QED) is 0.810. The maximum Gasteiger partial charge on any atom is 0.295 e. The van der Waals surface area contributed by atoms with E-state index in [1.165, 1.54) is 0 Å². The van der Waals surface area contributed by atoms with Crippen molar-refractivity contribution in [1.82, 2.24) is 4.98 Å². The van der Waals surface area contributed by atoms with Crippen molar-refractivity contribution in [3.05, 3.63) is 10.4 Å². The Morgan fingerprint density at radius 1 is 1.42 bits per heavy atom. The highest BCUT2D eigenvalue weighted by atomic mass is 79.9. The van der Waals surface area contributed by atoms with E-state index in [1.807, 2.05) is 0 Å². The smallest absolute Gasteiger partial charge is 0.295 e. The number of halogens is 1. The second kappa shape index (κ2) is 3.09. The minimum atomic E-state index is -0.0130. The molecule has 68 valence electrons. The van der Waals surface area contributed by atoms with Gasteiger partial charge >= 0.3 is 0 Å². The molecule has 0 atom stereocenters. The fraction of sp³-hybridized carbons (Fsp3) is 0.625. The highest BCUT2D eigenvalue weighted by molar-refractivity contribution is 9.10. The van der Waals surface area contributed by atoms with Gasteiger partial charge < -0.3 is 9.73 Å². The van der Waals surface area contributed by atoms with Crippen LogP contribution in [-0.2, 0) is 5.41 Å². The van der Waals surface area contributed by atoms with Gasteiger partial charge in [-0.25, -0.2) is 0 Å². The molecule has 1 rings (SSSR count). The number of hydrogen-bond donors (Lipinski definition) is 1. The molecule has 12 heavy (non-hydrogen) atoms. The Bertz CT molecular complexity index is 275. The molecular formula is C8H13BrN2O. The molecule has 0 radical (unpaired) electrons. The van der Waals surface area contributed by atoms with Crippen molar-refractivity contribution in [2.24, 2.45) is 0 Å². The molecule has 1 heterocycles. The van der Waals surface area contributed by atoms with Crippen molar-refractivity contribution < 1.29 is 4.42 Å². The molecule has 4 heteroatoms. The first kappa shape index (κ1) is 9.58. The molecule has 0 saturated heterocycles. The molecule has 0 spiro atoms. The number of aromatic nitrogens is 1. The van der Waals surface area contributed by atoms with Crippen LogP contribution in [0.15, 0.2) is 9.02 Å². The number of oxazole rings is 1. The topological polar surface area (TPSA) is 38.1 Å². The molecule has 3 nitrogen and oxygen atoms in total. The Kier molecular flexibility index (Phi) is 2.46. The molecule has 0 bridgehead atoms. The van der Waals surface area contributed by atoms with Crippen molar-refractivity contribution in [2.75, 3.05) is 12.4 Å². The SMILES string of the molecule is CNc1nc(Br)c(C(C)(C)C)o1. The van der Waals surface area contributed by atoms with E-state index in [4.69, 9.17) is 4.42 Å². The molecule has 1 aromatic heterocycles. The summed E-state index contributed by atoms with van der Waals surface area (Å²) in [6.07, 6.45) is 0. The van der Waals surface area contributed by atoms with Crippen LogP contribution in [0.4, 0.5) is 6.01 Å². The third-order valence-electron chi connectivity index (χ3n) is 1.48. The van der Waals surface area contributed by atoms with Gasteiger partial charge in [-0.1, -0.05) is 20.8 Å². The highest BCUT2D eigenvalue weighted by Crippen LogP contribution is 2.31. The van der Waals surface area contributed by atoms with E-state index in [9.17, 15) is 0 Å². The van der Waals surface area contributed by atoms with E-state index in [2.05, 4.69) is 47.0 Å². The van der Waals surface area contributed by atoms with Crippen LogP contribution < -0.4 is 5.32 Å². The van der Waals surface area contributed by atoms with E-state index in [-0.39, 0.29) is 5.41 Å². The van der Waals surface area contributed by atoms with E-state index >= 15 is 0 Å². The van der Waals surface area contributed by atoms with Crippen molar-refractivity contribution in [1.29, 1.82) is 0 Å². The summed E-state index contributed by atoms with van der Waals surface area (Å²) in [5.74, 6) is 0.867. The number of nitrogens with zero attached hydrogens (tertiary/aromatic N) is 1.